The smallest absolute Gasteiger partial charge is 0.393 e. The van der Waals surface area contributed by atoms with Gasteiger partial charge in [0, 0.05) is 0 Å². The molecule has 0 saturated heterocycles. The first-order valence-electron chi connectivity index (χ1n) is 28.2. The molecule has 9 N–H and O–H groups in total. The van der Waals surface area contributed by atoms with Crippen molar-refractivity contribution >= 4 is 13.7 Å². The molecule has 1 amide bonds. The number of carbonyl (C=O) groups is 1. The summed E-state index contributed by atoms with van der Waals surface area (Å²) in [7, 11) is -5.16. The number of unbranched alkanes of at least 4 members (excludes halogenated alkanes) is 28. The molecule has 0 aliphatic heterocycles. The first kappa shape index (κ1) is 66.3. The summed E-state index contributed by atoms with van der Waals surface area (Å²) in [5, 5.41) is 74.8. The zero-order valence-electron chi connectivity index (χ0n) is 43.9. The lowest BCUT2D eigenvalue weighted by Crippen LogP contribution is -2.64. The topological polar surface area (TPSA) is 226 Å². The maximum Gasteiger partial charge on any atom is 0.472 e. The second kappa shape index (κ2) is 44.7. The quantitative estimate of drug-likeness (QED) is 0.0158. The molecule has 70 heavy (non-hydrogen) atoms. The van der Waals surface area contributed by atoms with Gasteiger partial charge >= 0.3 is 7.82 Å². The maximum absolute atomic E-state index is 13.1. The van der Waals surface area contributed by atoms with Crippen LogP contribution in [0, 0.1) is 0 Å². The van der Waals surface area contributed by atoms with Gasteiger partial charge < -0.3 is 46.0 Å². The molecule has 14 heteroatoms. The number of amides is 1. The van der Waals surface area contributed by atoms with Gasteiger partial charge in [-0.05, 0) is 64.2 Å². The second-order valence-electron chi connectivity index (χ2n) is 20.0. The first-order chi connectivity index (χ1) is 33.8. The van der Waals surface area contributed by atoms with Gasteiger partial charge in [0.2, 0.25) is 5.91 Å². The van der Waals surface area contributed by atoms with Gasteiger partial charge in [-0.1, -0.05) is 217 Å². The fourth-order valence-electron chi connectivity index (χ4n) is 8.82. The Hall–Kier alpha value is -1.74. The third kappa shape index (κ3) is 35.4. The van der Waals surface area contributed by atoms with E-state index in [2.05, 4.69) is 55.6 Å². The summed E-state index contributed by atoms with van der Waals surface area (Å²) in [6.07, 6.45) is 41.9. The summed E-state index contributed by atoms with van der Waals surface area (Å²) in [6.45, 7) is 3.76. The van der Waals surface area contributed by atoms with Crippen molar-refractivity contribution in [3.05, 3.63) is 48.6 Å². The molecule has 1 fully saturated rings. The first-order valence-corrected chi connectivity index (χ1v) is 29.7. The molecule has 1 aliphatic rings. The molecule has 0 radical (unpaired) electrons. The molecule has 0 aromatic rings. The van der Waals surface area contributed by atoms with Gasteiger partial charge in [0.05, 0.1) is 31.3 Å². The predicted molar refractivity (Wildman–Crippen MR) is 284 cm³/mol. The summed E-state index contributed by atoms with van der Waals surface area (Å²) in [5.74, 6) is -0.609. The van der Waals surface area contributed by atoms with Crippen molar-refractivity contribution in [1.82, 2.24) is 5.32 Å². The molecule has 8 atom stereocenters. The Morgan fingerprint density at radius 2 is 0.886 bits per heavy atom. The van der Waals surface area contributed by atoms with E-state index in [1.54, 1.807) is 6.08 Å². The van der Waals surface area contributed by atoms with E-state index in [9.17, 15) is 50.0 Å². The van der Waals surface area contributed by atoms with Crippen LogP contribution in [0.15, 0.2) is 48.6 Å². The normalized spacial score (nSPS) is 22.1. The molecule has 1 saturated carbocycles. The number of rotatable bonds is 47. The Balaban J connectivity index is 2.47. The lowest BCUT2D eigenvalue weighted by Gasteiger charge is -2.41. The van der Waals surface area contributed by atoms with Crippen molar-refractivity contribution in [2.24, 2.45) is 0 Å². The molecule has 8 unspecified atom stereocenters. The minimum absolute atomic E-state index is 0.263. The lowest BCUT2D eigenvalue weighted by atomic mass is 9.85. The van der Waals surface area contributed by atoms with E-state index in [1.807, 2.05) is 0 Å². The molecular weight excluding hydrogens is 910 g/mol. The predicted octanol–water partition coefficient (Wildman–Crippen LogP) is 11.4. The van der Waals surface area contributed by atoms with Crippen LogP contribution in [0.1, 0.15) is 239 Å². The van der Waals surface area contributed by atoms with Crippen LogP contribution in [-0.4, -0.2) is 108 Å². The number of nitrogens with one attached hydrogen (secondary N) is 1. The van der Waals surface area contributed by atoms with Crippen molar-refractivity contribution in [2.45, 2.75) is 293 Å². The highest BCUT2D eigenvalue weighted by Crippen LogP contribution is 2.47. The molecule has 0 aromatic carbocycles. The summed E-state index contributed by atoms with van der Waals surface area (Å²) in [5.41, 5.74) is 0. The van der Waals surface area contributed by atoms with Gasteiger partial charge in [0.25, 0.3) is 0 Å². The highest BCUT2D eigenvalue weighted by Gasteiger charge is 2.51. The van der Waals surface area contributed by atoms with Crippen molar-refractivity contribution < 1.29 is 59.0 Å². The molecule has 1 aliphatic carbocycles. The summed E-state index contributed by atoms with van der Waals surface area (Å²) in [6, 6.07) is -1.26. The summed E-state index contributed by atoms with van der Waals surface area (Å²) >= 11 is 0. The fourth-order valence-corrected chi connectivity index (χ4v) is 9.78. The number of aliphatic hydroxyl groups is 7. The van der Waals surface area contributed by atoms with Crippen molar-refractivity contribution in [3.63, 3.8) is 0 Å². The van der Waals surface area contributed by atoms with Gasteiger partial charge in [-0.3, -0.25) is 13.8 Å². The molecule has 1 rings (SSSR count). The maximum atomic E-state index is 13.1. The lowest BCUT2D eigenvalue weighted by molar-refractivity contribution is -0.220. The number of carbonyl (C=O) groups excluding carboxylic acids is 1. The molecule has 13 nitrogen and oxygen atoms in total. The van der Waals surface area contributed by atoms with Crippen molar-refractivity contribution in [2.75, 3.05) is 6.61 Å². The monoisotopic (exact) mass is 1010 g/mol. The van der Waals surface area contributed by atoms with E-state index in [4.69, 9.17) is 9.05 Å². The number of phosphoric ester groups is 1. The largest absolute Gasteiger partial charge is 0.472 e. The number of phosphoric acid groups is 1. The van der Waals surface area contributed by atoms with Crippen LogP contribution in [0.2, 0.25) is 0 Å². The van der Waals surface area contributed by atoms with Crippen LogP contribution in [0.4, 0.5) is 0 Å². The van der Waals surface area contributed by atoms with E-state index in [0.29, 0.717) is 12.8 Å². The fraction of sp³-hybridized carbons (Fsp3) is 0.839. The second-order valence-corrected chi connectivity index (χ2v) is 21.4. The van der Waals surface area contributed by atoms with Crippen LogP contribution in [0.5, 0.6) is 0 Å². The van der Waals surface area contributed by atoms with Crippen LogP contribution in [0.3, 0.4) is 0 Å². The van der Waals surface area contributed by atoms with Gasteiger partial charge in [-0.15, -0.1) is 0 Å². The van der Waals surface area contributed by atoms with Crippen LogP contribution >= 0.6 is 7.82 Å². The number of hydrogen-bond donors (Lipinski definition) is 9. The van der Waals surface area contributed by atoms with E-state index >= 15 is 0 Å². The van der Waals surface area contributed by atoms with Crippen molar-refractivity contribution in [3.8, 4) is 0 Å². The highest BCUT2D eigenvalue weighted by atomic mass is 31.2. The van der Waals surface area contributed by atoms with E-state index < -0.39 is 75.2 Å². The van der Waals surface area contributed by atoms with Crippen molar-refractivity contribution in [1.29, 1.82) is 0 Å². The highest BCUT2D eigenvalue weighted by molar-refractivity contribution is 7.47. The molecule has 0 spiro atoms. The van der Waals surface area contributed by atoms with Crippen LogP contribution in [0.25, 0.3) is 0 Å². The Bertz CT molecular complexity index is 1380. The Morgan fingerprint density at radius 3 is 1.34 bits per heavy atom. The van der Waals surface area contributed by atoms with Crippen LogP contribution in [-0.2, 0) is 18.4 Å². The molecule has 0 heterocycles. The van der Waals surface area contributed by atoms with E-state index in [1.165, 1.54) is 141 Å². The van der Waals surface area contributed by atoms with Gasteiger partial charge in [0.15, 0.2) is 0 Å². The zero-order valence-corrected chi connectivity index (χ0v) is 44.8. The zero-order chi connectivity index (χ0) is 51.5. The Kier molecular flexibility index (Phi) is 42.3. The van der Waals surface area contributed by atoms with Gasteiger partial charge in [-0.25, -0.2) is 4.57 Å². The Morgan fingerprint density at radius 1 is 0.514 bits per heavy atom. The number of aliphatic hydroxyl groups excluding tert-OH is 7. The minimum atomic E-state index is -5.16. The molecule has 410 valence electrons. The average Bonchev–Trinajstić information content (AvgIpc) is 3.34. The standard InChI is InChI=1S/C56H104NO12P/c1-3-5-7-9-11-13-15-17-19-21-23-24-26-27-29-31-33-35-37-39-41-43-47(58)45-50(60)57-48(46-68-70(66,67)69-56-54(64)52(62)51(61)53(63)55(56)65)49(59)44-42-40-38-36-34-32-30-28-25-22-20-18-16-14-12-10-8-6-4-2/h23-24,27,29,34,36,42,44,47-49,51-56,58-59,61-65H,3-22,25-26,28,30-33,35,37-41,43,45-46H2,1-2H3,(H,57,60)(H,66,67)/b24-23-,29-27-,36-34+,44-42+. The third-order valence-corrected chi connectivity index (χ3v) is 14.4. The number of allylic oxidation sites excluding steroid dienone is 7. The van der Waals surface area contributed by atoms with Gasteiger partial charge in [0.1, 0.15) is 36.6 Å². The molecule has 0 aromatic heterocycles. The molecule has 0 bridgehead atoms. The SMILES string of the molecule is CCCCCCCCCCC/C=C\C/C=C\CCCCCCCC(O)CC(=O)NC(COP(=O)(O)OC1C(O)C(O)C(O)C(O)C1O)C(O)/C=C/CC/C=C/CCCCCCCCCCCCCCC. The minimum Gasteiger partial charge on any atom is -0.393 e. The van der Waals surface area contributed by atoms with Gasteiger partial charge in [-0.2, -0.15) is 0 Å². The third-order valence-electron chi connectivity index (χ3n) is 13.4. The molecular formula is C56H104NO12P. The Labute approximate surface area is 425 Å². The van der Waals surface area contributed by atoms with E-state index in [-0.39, 0.29) is 6.42 Å². The summed E-state index contributed by atoms with van der Waals surface area (Å²) < 4.78 is 23.0. The average molecular weight is 1010 g/mol. The van der Waals surface area contributed by atoms with Crippen LogP contribution < -0.4 is 5.32 Å². The summed E-state index contributed by atoms with van der Waals surface area (Å²) in [4.78, 5) is 23.6. The van der Waals surface area contributed by atoms with E-state index in [0.717, 1.165) is 70.6 Å². The number of hydrogen-bond acceptors (Lipinski definition) is 11.